The second kappa shape index (κ2) is 10.5. The van der Waals surface area contributed by atoms with Crippen LogP contribution in [0.3, 0.4) is 0 Å². The standard InChI is InChI=1S/C27H25BrN4O9S/c1-13(33)41-23(21-20-15-5-6-16(9-15)22(20)30(29-21)10-19(34)39-2)27(28)25(36)31-18(12-42-26(27)31)24(35)40-11-14-3-7-17(8-4-14)32(37)38/h3-4,7-8,12,15-16,23,26H,5-6,9-11H2,1-2H3/t15?,16?,23?,26-,27?/m1/s1. The van der Waals surface area contributed by atoms with Gasteiger partial charge < -0.3 is 14.2 Å². The van der Waals surface area contributed by atoms with Gasteiger partial charge in [0.1, 0.15) is 29.9 Å². The largest absolute Gasteiger partial charge is 0.468 e. The van der Waals surface area contributed by atoms with Crippen molar-refractivity contribution in [2.24, 2.45) is 0 Å². The maximum atomic E-state index is 13.8. The van der Waals surface area contributed by atoms with E-state index in [9.17, 15) is 29.3 Å². The number of nitrogens with zero attached hydrogens (tertiary/aromatic N) is 4. The van der Waals surface area contributed by atoms with Crippen molar-refractivity contribution in [1.29, 1.82) is 0 Å². The number of thioether (sulfide) groups is 1. The number of hydrogen-bond acceptors (Lipinski definition) is 11. The summed E-state index contributed by atoms with van der Waals surface area (Å²) >= 11 is 4.81. The summed E-state index contributed by atoms with van der Waals surface area (Å²) in [6, 6.07) is 5.59. The average molecular weight is 661 g/mol. The zero-order valence-electron chi connectivity index (χ0n) is 22.5. The summed E-state index contributed by atoms with van der Waals surface area (Å²) in [5, 5.41) is 16.5. The van der Waals surface area contributed by atoms with E-state index in [1.807, 2.05) is 0 Å². The van der Waals surface area contributed by atoms with E-state index in [1.54, 1.807) is 4.68 Å². The molecule has 1 aromatic carbocycles. The van der Waals surface area contributed by atoms with Crippen LogP contribution in [0.4, 0.5) is 5.69 Å². The molecular weight excluding hydrogens is 636 g/mol. The Labute approximate surface area is 251 Å². The summed E-state index contributed by atoms with van der Waals surface area (Å²) in [7, 11) is 1.30. The minimum absolute atomic E-state index is 0.0362. The highest BCUT2D eigenvalue weighted by Crippen LogP contribution is 2.61. The highest BCUT2D eigenvalue weighted by molar-refractivity contribution is 9.10. The maximum absolute atomic E-state index is 13.8. The molecule has 15 heteroatoms. The highest BCUT2D eigenvalue weighted by Gasteiger charge is 2.70. The predicted molar refractivity (Wildman–Crippen MR) is 149 cm³/mol. The summed E-state index contributed by atoms with van der Waals surface area (Å²) in [5.74, 6) is -1.93. The molecule has 6 rings (SSSR count). The molecule has 13 nitrogen and oxygen atoms in total. The molecule has 1 amide bonds. The van der Waals surface area contributed by atoms with Gasteiger partial charge in [-0.2, -0.15) is 5.10 Å². The number of methoxy groups -OCH3 is 1. The molecule has 2 bridgehead atoms. The zero-order chi connectivity index (χ0) is 29.9. The lowest BCUT2D eigenvalue weighted by Gasteiger charge is -2.51. The van der Waals surface area contributed by atoms with E-state index in [0.29, 0.717) is 11.3 Å². The van der Waals surface area contributed by atoms with Crippen molar-refractivity contribution in [2.75, 3.05) is 7.11 Å². The molecule has 0 N–H and O–H groups in total. The number of rotatable bonds is 9. The van der Waals surface area contributed by atoms with Gasteiger partial charge in [-0.1, -0.05) is 15.9 Å². The molecule has 2 aromatic rings. The number of amides is 1. The third-order valence-electron chi connectivity index (χ3n) is 8.14. The molecule has 4 unspecified atom stereocenters. The number of benzene rings is 1. The van der Waals surface area contributed by atoms with Crippen molar-refractivity contribution in [1.82, 2.24) is 14.7 Å². The normalized spacial score (nSPS) is 25.7. The molecule has 2 aliphatic heterocycles. The molecule has 5 atom stereocenters. The summed E-state index contributed by atoms with van der Waals surface area (Å²) in [5.41, 5.74) is 2.74. The molecule has 2 aliphatic carbocycles. The van der Waals surface area contributed by atoms with Crippen molar-refractivity contribution < 1.29 is 38.3 Å². The van der Waals surface area contributed by atoms with Crippen LogP contribution in [-0.4, -0.2) is 60.2 Å². The Morgan fingerprint density at radius 2 is 1.95 bits per heavy atom. The molecule has 1 saturated carbocycles. The van der Waals surface area contributed by atoms with E-state index in [2.05, 4.69) is 15.9 Å². The molecule has 2 fully saturated rings. The third kappa shape index (κ3) is 4.40. The SMILES string of the molecule is COC(=O)Cn1nc(C(OC(C)=O)C2(Br)C(=O)N3C(C(=O)OCc4ccc([N+](=O)[O-])cc4)=CS[C@@H]32)c2c1C1CCC2C1. The summed E-state index contributed by atoms with van der Waals surface area (Å²) in [4.78, 5) is 62.9. The van der Waals surface area contributed by atoms with Crippen LogP contribution in [0.1, 0.15) is 66.6 Å². The van der Waals surface area contributed by atoms with Gasteiger partial charge in [0.15, 0.2) is 10.4 Å². The molecule has 4 aliphatic rings. The number of nitro benzene ring substituents is 1. The lowest BCUT2D eigenvalue weighted by atomic mass is 9.85. The molecule has 1 saturated heterocycles. The van der Waals surface area contributed by atoms with E-state index in [4.69, 9.17) is 19.3 Å². The minimum Gasteiger partial charge on any atom is -0.468 e. The molecule has 1 aromatic heterocycles. The Balaban J connectivity index is 1.24. The van der Waals surface area contributed by atoms with Gasteiger partial charge in [0.25, 0.3) is 11.6 Å². The number of fused-ring (bicyclic) bond motifs is 6. The van der Waals surface area contributed by atoms with E-state index in [0.717, 1.165) is 30.5 Å². The zero-order valence-corrected chi connectivity index (χ0v) is 24.9. The fourth-order valence-corrected chi connectivity index (χ4v) is 8.53. The number of β-lactam (4-membered cyclic amide) rings is 1. The summed E-state index contributed by atoms with van der Waals surface area (Å²) < 4.78 is 16.2. The van der Waals surface area contributed by atoms with Gasteiger partial charge in [-0.15, -0.1) is 11.8 Å². The second-order valence-electron chi connectivity index (χ2n) is 10.5. The van der Waals surface area contributed by atoms with Crippen molar-refractivity contribution in [2.45, 2.75) is 67.0 Å². The topological polar surface area (TPSA) is 160 Å². The van der Waals surface area contributed by atoms with Crippen LogP contribution >= 0.6 is 27.7 Å². The van der Waals surface area contributed by atoms with Crippen LogP contribution in [0.5, 0.6) is 0 Å². The quantitative estimate of drug-likeness (QED) is 0.0966. The highest BCUT2D eigenvalue weighted by atomic mass is 79.9. The minimum atomic E-state index is -1.43. The molecule has 0 radical (unpaired) electrons. The number of hydrogen-bond donors (Lipinski definition) is 0. The molecular formula is C27H25BrN4O9S. The van der Waals surface area contributed by atoms with Gasteiger partial charge in [-0.25, -0.2) is 4.79 Å². The second-order valence-corrected chi connectivity index (χ2v) is 12.8. The first-order chi connectivity index (χ1) is 20.0. The number of halogens is 1. The van der Waals surface area contributed by atoms with Gasteiger partial charge in [0.05, 0.1) is 12.0 Å². The number of alkyl halides is 1. The number of aromatic nitrogens is 2. The Morgan fingerprint density at radius 3 is 2.62 bits per heavy atom. The van der Waals surface area contributed by atoms with Crippen molar-refractivity contribution in [3.05, 3.63) is 68.0 Å². The smallest absolute Gasteiger partial charge is 0.355 e. The molecule has 3 heterocycles. The number of non-ortho nitro benzene ring substituents is 1. The van der Waals surface area contributed by atoms with Crippen LogP contribution in [-0.2, 0) is 46.5 Å². The first-order valence-electron chi connectivity index (χ1n) is 13.2. The molecule has 42 heavy (non-hydrogen) atoms. The lowest BCUT2D eigenvalue weighted by molar-refractivity contribution is -0.384. The number of carbonyl (C=O) groups is 4. The summed E-state index contributed by atoms with van der Waals surface area (Å²) in [6.07, 6.45) is 1.67. The first kappa shape index (κ1) is 28.4. The Hall–Kier alpha value is -3.72. The molecule has 220 valence electrons. The van der Waals surface area contributed by atoms with Crippen LogP contribution in [0, 0.1) is 10.1 Å². The first-order valence-corrected chi connectivity index (χ1v) is 14.9. The van der Waals surface area contributed by atoms with Crippen molar-refractivity contribution in [3.8, 4) is 0 Å². The van der Waals surface area contributed by atoms with Gasteiger partial charge >= 0.3 is 17.9 Å². The fraction of sp³-hybridized carbons (Fsp3) is 0.444. The van der Waals surface area contributed by atoms with Gasteiger partial charge in [0.2, 0.25) is 0 Å². The average Bonchev–Trinajstić information content (AvgIpc) is 3.76. The van der Waals surface area contributed by atoms with Crippen molar-refractivity contribution in [3.63, 3.8) is 0 Å². The monoisotopic (exact) mass is 660 g/mol. The summed E-state index contributed by atoms with van der Waals surface area (Å²) in [6.45, 7) is 1.01. The number of ether oxygens (including phenoxy) is 3. The van der Waals surface area contributed by atoms with Gasteiger partial charge in [-0.3, -0.25) is 34.1 Å². The number of esters is 3. The fourth-order valence-electron chi connectivity index (χ4n) is 6.28. The molecule has 0 spiro atoms. The Bertz CT molecular complexity index is 1560. The van der Waals surface area contributed by atoms with Gasteiger partial charge in [-0.05, 0) is 42.9 Å². The number of carbonyl (C=O) groups excluding carboxylic acids is 4. The number of nitro groups is 1. The Morgan fingerprint density at radius 1 is 1.24 bits per heavy atom. The van der Waals surface area contributed by atoms with Crippen LogP contribution < -0.4 is 0 Å². The van der Waals surface area contributed by atoms with Gasteiger partial charge in [0, 0.05) is 41.6 Å². The van der Waals surface area contributed by atoms with Crippen molar-refractivity contribution >= 4 is 57.2 Å². The maximum Gasteiger partial charge on any atom is 0.355 e. The van der Waals surface area contributed by atoms with E-state index >= 15 is 0 Å². The third-order valence-corrected chi connectivity index (χ3v) is 10.8. The predicted octanol–water partition coefficient (Wildman–Crippen LogP) is 3.57. The van der Waals surface area contributed by atoms with Crippen LogP contribution in [0.25, 0.3) is 0 Å². The lowest BCUT2D eigenvalue weighted by Crippen LogP contribution is -2.70. The van der Waals surface area contributed by atoms with Crippen LogP contribution in [0.2, 0.25) is 0 Å². The van der Waals surface area contributed by atoms with Crippen LogP contribution in [0.15, 0.2) is 35.4 Å². The van der Waals surface area contributed by atoms with E-state index in [-0.39, 0.29) is 36.4 Å². The Kier molecular flexibility index (Phi) is 7.12. The van der Waals surface area contributed by atoms with E-state index < -0.39 is 44.5 Å². The van der Waals surface area contributed by atoms with E-state index in [1.165, 1.54) is 60.4 Å².